The van der Waals surface area contributed by atoms with Gasteiger partial charge in [0.1, 0.15) is 0 Å². The number of hydrogen-bond donors (Lipinski definition) is 0. The van der Waals surface area contributed by atoms with Crippen LogP contribution in [-0.2, 0) is 5.41 Å². The molecule has 0 saturated carbocycles. The Hall–Kier alpha value is -8.32. The average Bonchev–Trinajstić information content (AvgIpc) is 3.64. The molecule has 1 aliphatic carbocycles. The maximum absolute atomic E-state index is 2.49. The first kappa shape index (κ1) is 38.2. The number of hydrogen-bond acceptors (Lipinski definition) is 0. The van der Waals surface area contributed by atoms with E-state index in [1.165, 1.54) is 127 Å². The Kier molecular flexibility index (Phi) is 8.76. The number of fused-ring (bicyclic) bond motifs is 8. The van der Waals surface area contributed by atoms with E-state index in [1.54, 1.807) is 0 Å². The van der Waals surface area contributed by atoms with Crippen LogP contribution in [0.2, 0.25) is 0 Å². The van der Waals surface area contributed by atoms with Crippen molar-refractivity contribution in [1.29, 1.82) is 0 Å². The fourth-order valence-corrected chi connectivity index (χ4v) is 11.4. The van der Waals surface area contributed by atoms with Gasteiger partial charge < -0.3 is 0 Å². The van der Waals surface area contributed by atoms with Crippen LogP contribution in [0, 0.1) is 0 Å². The molecule has 0 saturated heterocycles. The molecule has 308 valence electrons. The zero-order valence-corrected chi connectivity index (χ0v) is 36.7. The van der Waals surface area contributed by atoms with E-state index < -0.39 is 0 Å². The van der Waals surface area contributed by atoms with Crippen molar-refractivity contribution in [1.82, 2.24) is 0 Å². The van der Waals surface area contributed by atoms with Gasteiger partial charge in [-0.1, -0.05) is 224 Å². The molecule has 0 N–H and O–H groups in total. The molecule has 66 heavy (non-hydrogen) atoms. The summed E-state index contributed by atoms with van der Waals surface area (Å²) >= 11 is 0. The monoisotopic (exact) mass is 836 g/mol. The fraction of sp³-hybridized carbons (Fsp3) is 0.0303. The smallest absolute Gasteiger partial charge is 0.0435 e. The summed E-state index contributed by atoms with van der Waals surface area (Å²) in [5.74, 6) is 0. The molecule has 0 heterocycles. The lowest BCUT2D eigenvalue weighted by Crippen LogP contribution is -2.22. The highest BCUT2D eigenvalue weighted by molar-refractivity contribution is 6.28. The van der Waals surface area contributed by atoms with Crippen molar-refractivity contribution in [2.45, 2.75) is 12.3 Å². The minimum atomic E-state index is -0.333. The minimum Gasteiger partial charge on any atom is -0.0622 e. The molecular formula is C66H44. The van der Waals surface area contributed by atoms with Gasteiger partial charge in [0.2, 0.25) is 0 Å². The summed E-state index contributed by atoms with van der Waals surface area (Å²) in [6, 6.07) is 92.5. The Bertz CT molecular complexity index is 3860. The van der Waals surface area contributed by atoms with E-state index in [2.05, 4.69) is 256 Å². The maximum Gasteiger partial charge on any atom is 0.0435 e. The van der Waals surface area contributed by atoms with Crippen LogP contribution in [0.25, 0.3) is 110 Å². The summed E-state index contributed by atoms with van der Waals surface area (Å²) < 4.78 is 0. The molecule has 0 aromatic heterocycles. The molecule has 12 aromatic carbocycles. The highest BCUT2D eigenvalue weighted by Gasteiger charge is 2.41. The van der Waals surface area contributed by atoms with E-state index in [0.29, 0.717) is 0 Å². The minimum absolute atomic E-state index is 0.333. The van der Waals surface area contributed by atoms with Crippen LogP contribution in [-0.4, -0.2) is 0 Å². The van der Waals surface area contributed by atoms with Gasteiger partial charge in [0, 0.05) is 5.41 Å². The molecule has 13 rings (SSSR count). The second-order valence-corrected chi connectivity index (χ2v) is 18.0. The molecular weight excluding hydrogens is 793 g/mol. The first-order chi connectivity index (χ1) is 32.6. The molecule has 0 aliphatic heterocycles. The Morgan fingerprint density at radius 1 is 0.258 bits per heavy atom. The summed E-state index contributed by atoms with van der Waals surface area (Å²) in [5.41, 5.74) is 18.6. The summed E-state index contributed by atoms with van der Waals surface area (Å²) in [5, 5.41) is 10.1. The molecule has 1 aliphatic rings. The van der Waals surface area contributed by atoms with E-state index in [9.17, 15) is 0 Å². The van der Waals surface area contributed by atoms with Crippen molar-refractivity contribution in [2.75, 3.05) is 0 Å². The van der Waals surface area contributed by atoms with Crippen molar-refractivity contribution in [3.05, 3.63) is 265 Å². The zero-order valence-electron chi connectivity index (χ0n) is 36.7. The first-order valence-electron chi connectivity index (χ1n) is 23.1. The van der Waals surface area contributed by atoms with Crippen molar-refractivity contribution in [3.8, 4) is 66.8 Å². The van der Waals surface area contributed by atoms with Crippen LogP contribution in [0.15, 0.2) is 249 Å². The summed E-state index contributed by atoms with van der Waals surface area (Å²) in [4.78, 5) is 0. The molecule has 0 amide bonds. The third-order valence-electron chi connectivity index (χ3n) is 14.5. The van der Waals surface area contributed by atoms with Gasteiger partial charge in [-0.25, -0.2) is 0 Å². The third-order valence-corrected chi connectivity index (χ3v) is 14.5. The zero-order chi connectivity index (χ0) is 43.8. The lowest BCUT2D eigenvalue weighted by atomic mass is 9.73. The lowest BCUT2D eigenvalue weighted by Gasteiger charge is -2.29. The van der Waals surface area contributed by atoms with Crippen LogP contribution < -0.4 is 0 Å². The molecule has 0 spiro atoms. The Labute approximate surface area is 385 Å². The highest BCUT2D eigenvalue weighted by Crippen LogP contribution is 2.55. The lowest BCUT2D eigenvalue weighted by molar-refractivity contribution is 0.715. The van der Waals surface area contributed by atoms with Gasteiger partial charge in [-0.05, 0) is 158 Å². The first-order valence-corrected chi connectivity index (χ1v) is 23.1. The van der Waals surface area contributed by atoms with Gasteiger partial charge in [0.25, 0.3) is 0 Å². The van der Waals surface area contributed by atoms with E-state index >= 15 is 0 Å². The summed E-state index contributed by atoms with van der Waals surface area (Å²) in [7, 11) is 0. The van der Waals surface area contributed by atoms with Crippen molar-refractivity contribution < 1.29 is 0 Å². The van der Waals surface area contributed by atoms with E-state index in [-0.39, 0.29) is 5.41 Å². The van der Waals surface area contributed by atoms with E-state index in [4.69, 9.17) is 0 Å². The van der Waals surface area contributed by atoms with Gasteiger partial charge >= 0.3 is 0 Å². The largest absolute Gasteiger partial charge is 0.0622 e. The maximum atomic E-state index is 2.49. The fourth-order valence-electron chi connectivity index (χ4n) is 11.4. The van der Waals surface area contributed by atoms with Gasteiger partial charge in [-0.2, -0.15) is 0 Å². The SMILES string of the molecule is CC1(c2ccccc2)c2cc(-c3ccc(-c4c5ccccc5c(-c5ccccc5-c5ccccc5)c5c4ccc4ccccc45)cc3-c3ccccc3)ccc2-c2cc3ccccc3cc21. The summed E-state index contributed by atoms with van der Waals surface area (Å²) in [6.45, 7) is 2.43. The molecule has 0 nitrogen and oxygen atoms in total. The van der Waals surface area contributed by atoms with Crippen LogP contribution in [0.1, 0.15) is 23.6 Å². The highest BCUT2D eigenvalue weighted by atomic mass is 14.4. The second kappa shape index (κ2) is 15.2. The van der Waals surface area contributed by atoms with Crippen LogP contribution in [0.4, 0.5) is 0 Å². The third kappa shape index (κ3) is 5.85. The predicted octanol–water partition coefficient (Wildman–Crippen LogP) is 18.0. The topological polar surface area (TPSA) is 0 Å². The Balaban J connectivity index is 1.07. The van der Waals surface area contributed by atoms with Gasteiger partial charge in [-0.3, -0.25) is 0 Å². The molecule has 12 aromatic rings. The van der Waals surface area contributed by atoms with Crippen molar-refractivity contribution >= 4 is 43.1 Å². The average molecular weight is 837 g/mol. The Morgan fingerprint density at radius 2 is 0.773 bits per heavy atom. The normalized spacial score (nSPS) is 14.2. The quantitative estimate of drug-likeness (QED) is 0.116. The molecule has 0 radical (unpaired) electrons. The van der Waals surface area contributed by atoms with E-state index in [0.717, 1.165) is 0 Å². The second-order valence-electron chi connectivity index (χ2n) is 18.0. The Morgan fingerprint density at radius 3 is 1.50 bits per heavy atom. The molecule has 0 bridgehead atoms. The molecule has 1 atom stereocenters. The van der Waals surface area contributed by atoms with Crippen molar-refractivity contribution in [2.24, 2.45) is 0 Å². The van der Waals surface area contributed by atoms with Gasteiger partial charge in [0.05, 0.1) is 0 Å². The van der Waals surface area contributed by atoms with Crippen molar-refractivity contribution in [3.63, 3.8) is 0 Å². The molecule has 0 fully saturated rings. The van der Waals surface area contributed by atoms with Crippen LogP contribution >= 0.6 is 0 Å². The molecule has 1 unspecified atom stereocenters. The van der Waals surface area contributed by atoms with E-state index in [1.807, 2.05) is 0 Å². The predicted molar refractivity (Wildman–Crippen MR) is 281 cm³/mol. The summed E-state index contributed by atoms with van der Waals surface area (Å²) in [6.07, 6.45) is 0. The number of rotatable bonds is 6. The van der Waals surface area contributed by atoms with Crippen LogP contribution in [0.3, 0.4) is 0 Å². The standard InChI is InChI=1S/C66H44/c1-66(50-26-9-4-10-27-50)61-42-48(34-37-54(61)60-39-46-24-11-12-25-47(46)41-62(60)66)52-36-35-49(40-59(52)44-21-7-3-8-22-44)63-56-31-17-18-32-57(56)65(64-53-29-14-13-23-45(53)33-38-58(63)64)55-30-16-15-28-51(55)43-19-5-2-6-20-43/h2-42H,1H3. The number of benzene rings is 12. The van der Waals surface area contributed by atoms with Gasteiger partial charge in [-0.15, -0.1) is 0 Å². The van der Waals surface area contributed by atoms with Gasteiger partial charge in [0.15, 0.2) is 0 Å². The molecule has 0 heteroatoms. The van der Waals surface area contributed by atoms with Crippen LogP contribution in [0.5, 0.6) is 0 Å².